The highest BCUT2D eigenvalue weighted by molar-refractivity contribution is 6.42. The average Bonchev–Trinajstić information content (AvgIpc) is 2.48. The zero-order valence-corrected chi connectivity index (χ0v) is 8.40. The first kappa shape index (κ1) is 9.04. The summed E-state index contributed by atoms with van der Waals surface area (Å²) in [6, 6.07) is 3.73. The first-order valence-electron chi connectivity index (χ1n) is 4.13. The maximum Gasteiger partial charge on any atom is 0.123 e. The zero-order chi connectivity index (χ0) is 9.42. The van der Waals surface area contributed by atoms with E-state index in [1.165, 1.54) is 0 Å². The van der Waals surface area contributed by atoms with Gasteiger partial charge >= 0.3 is 0 Å². The molecule has 1 aromatic carbocycles. The Hall–Kier alpha value is -0.530. The third kappa shape index (κ3) is 1.59. The fourth-order valence-corrected chi connectivity index (χ4v) is 2.12. The van der Waals surface area contributed by atoms with Gasteiger partial charge in [0.1, 0.15) is 6.29 Å². The van der Waals surface area contributed by atoms with Crippen molar-refractivity contribution in [1.29, 1.82) is 0 Å². The fraction of sp³-hybridized carbons (Fsp3) is 0.300. The highest BCUT2D eigenvalue weighted by atomic mass is 35.5. The van der Waals surface area contributed by atoms with Crippen LogP contribution in [0.3, 0.4) is 0 Å². The van der Waals surface area contributed by atoms with Gasteiger partial charge in [-0.15, -0.1) is 0 Å². The first-order chi connectivity index (χ1) is 6.20. The normalized spacial score (nSPS) is 15.8. The van der Waals surface area contributed by atoms with E-state index in [9.17, 15) is 4.79 Å². The van der Waals surface area contributed by atoms with Gasteiger partial charge < -0.3 is 4.79 Å². The molecule has 1 aromatic rings. The number of halogens is 2. The summed E-state index contributed by atoms with van der Waals surface area (Å²) >= 11 is 11.7. The second kappa shape index (κ2) is 3.32. The number of benzene rings is 1. The largest absolute Gasteiger partial charge is 0.303 e. The standard InChI is InChI=1S/C10H8Cl2O/c11-9-3-7-1-6(5-13)2-8(7)4-10(9)12/h3-6H,1-2H2. The van der Waals surface area contributed by atoms with Crippen LogP contribution in [0.4, 0.5) is 0 Å². The molecule has 3 heteroatoms. The summed E-state index contributed by atoms with van der Waals surface area (Å²) < 4.78 is 0. The lowest BCUT2D eigenvalue weighted by Gasteiger charge is -2.00. The monoisotopic (exact) mass is 214 g/mol. The number of rotatable bonds is 1. The Balaban J connectivity index is 2.41. The lowest BCUT2D eigenvalue weighted by atomic mass is 10.1. The average molecular weight is 215 g/mol. The van der Waals surface area contributed by atoms with Crippen molar-refractivity contribution in [2.24, 2.45) is 5.92 Å². The summed E-state index contributed by atoms with van der Waals surface area (Å²) in [4.78, 5) is 10.6. The molecule has 0 bridgehead atoms. The summed E-state index contributed by atoms with van der Waals surface area (Å²) in [7, 11) is 0. The number of carbonyl (C=O) groups excluding carboxylic acids is 1. The molecule has 0 heterocycles. The number of aldehydes is 1. The van der Waals surface area contributed by atoms with Gasteiger partial charge in [-0.2, -0.15) is 0 Å². The van der Waals surface area contributed by atoms with E-state index in [0.717, 1.165) is 30.3 Å². The van der Waals surface area contributed by atoms with Gasteiger partial charge in [0, 0.05) is 5.92 Å². The van der Waals surface area contributed by atoms with Crippen LogP contribution in [0.2, 0.25) is 10.0 Å². The van der Waals surface area contributed by atoms with Gasteiger partial charge in [-0.3, -0.25) is 0 Å². The van der Waals surface area contributed by atoms with Gasteiger partial charge in [0.05, 0.1) is 10.0 Å². The van der Waals surface area contributed by atoms with Crippen molar-refractivity contribution < 1.29 is 4.79 Å². The molecule has 0 saturated heterocycles. The van der Waals surface area contributed by atoms with Crippen molar-refractivity contribution in [1.82, 2.24) is 0 Å². The Bertz CT molecular complexity index is 329. The molecule has 0 atom stereocenters. The Morgan fingerprint density at radius 3 is 2.00 bits per heavy atom. The van der Waals surface area contributed by atoms with E-state index in [0.29, 0.717) is 10.0 Å². The first-order valence-corrected chi connectivity index (χ1v) is 4.88. The van der Waals surface area contributed by atoms with Crippen LogP contribution in [0.5, 0.6) is 0 Å². The van der Waals surface area contributed by atoms with Gasteiger partial charge in [-0.05, 0) is 36.1 Å². The van der Waals surface area contributed by atoms with E-state index in [2.05, 4.69) is 0 Å². The van der Waals surface area contributed by atoms with Crippen molar-refractivity contribution in [2.75, 3.05) is 0 Å². The minimum atomic E-state index is 0.115. The predicted octanol–water partition coefficient (Wildman–Crippen LogP) is 2.91. The Labute approximate surface area is 86.7 Å². The molecule has 0 aromatic heterocycles. The van der Waals surface area contributed by atoms with E-state index in [4.69, 9.17) is 23.2 Å². The maximum absolute atomic E-state index is 10.6. The minimum absolute atomic E-state index is 0.115. The maximum atomic E-state index is 10.6. The van der Waals surface area contributed by atoms with Crippen LogP contribution in [-0.2, 0) is 17.6 Å². The number of hydrogen-bond donors (Lipinski definition) is 0. The lowest BCUT2D eigenvalue weighted by Crippen LogP contribution is -1.99. The summed E-state index contributed by atoms with van der Waals surface area (Å²) in [5, 5.41) is 1.15. The van der Waals surface area contributed by atoms with E-state index < -0.39 is 0 Å². The summed E-state index contributed by atoms with van der Waals surface area (Å²) in [6.07, 6.45) is 2.60. The van der Waals surface area contributed by atoms with Crippen LogP contribution in [0, 0.1) is 5.92 Å². The molecule has 0 spiro atoms. The molecule has 1 aliphatic rings. The van der Waals surface area contributed by atoms with Crippen molar-refractivity contribution in [2.45, 2.75) is 12.8 Å². The fourth-order valence-electron chi connectivity index (χ4n) is 1.74. The highest BCUT2D eigenvalue weighted by Gasteiger charge is 2.21. The van der Waals surface area contributed by atoms with E-state index in [1.54, 1.807) is 0 Å². The van der Waals surface area contributed by atoms with E-state index in [1.807, 2.05) is 12.1 Å². The Morgan fingerprint density at radius 1 is 1.15 bits per heavy atom. The van der Waals surface area contributed by atoms with Crippen LogP contribution in [0.15, 0.2) is 12.1 Å². The molecule has 0 N–H and O–H groups in total. The molecular weight excluding hydrogens is 207 g/mol. The van der Waals surface area contributed by atoms with Crippen molar-refractivity contribution in [3.05, 3.63) is 33.3 Å². The summed E-state index contributed by atoms with van der Waals surface area (Å²) in [5.41, 5.74) is 2.32. The van der Waals surface area contributed by atoms with Crippen LogP contribution in [-0.4, -0.2) is 6.29 Å². The van der Waals surface area contributed by atoms with Gasteiger partial charge in [-0.1, -0.05) is 23.2 Å². The molecule has 2 rings (SSSR count). The zero-order valence-electron chi connectivity index (χ0n) is 6.89. The lowest BCUT2D eigenvalue weighted by molar-refractivity contribution is -0.110. The molecule has 0 amide bonds. The molecule has 1 aliphatic carbocycles. The quantitative estimate of drug-likeness (QED) is 0.658. The van der Waals surface area contributed by atoms with Crippen LogP contribution < -0.4 is 0 Å². The van der Waals surface area contributed by atoms with E-state index >= 15 is 0 Å². The van der Waals surface area contributed by atoms with Crippen molar-refractivity contribution in [3.8, 4) is 0 Å². The van der Waals surface area contributed by atoms with Crippen LogP contribution >= 0.6 is 23.2 Å². The van der Waals surface area contributed by atoms with Gasteiger partial charge in [0.15, 0.2) is 0 Å². The SMILES string of the molecule is O=CC1Cc2cc(Cl)c(Cl)cc2C1. The van der Waals surface area contributed by atoms with E-state index in [-0.39, 0.29) is 5.92 Å². The number of carbonyl (C=O) groups is 1. The molecule has 0 radical (unpaired) electrons. The van der Waals surface area contributed by atoms with Gasteiger partial charge in [0.25, 0.3) is 0 Å². The van der Waals surface area contributed by atoms with Crippen molar-refractivity contribution >= 4 is 29.5 Å². The number of fused-ring (bicyclic) bond motifs is 1. The summed E-state index contributed by atoms with van der Waals surface area (Å²) in [6.45, 7) is 0. The Kier molecular flexibility index (Phi) is 2.31. The second-order valence-electron chi connectivity index (χ2n) is 3.34. The minimum Gasteiger partial charge on any atom is -0.303 e. The molecule has 13 heavy (non-hydrogen) atoms. The predicted molar refractivity (Wildman–Crippen MR) is 53.4 cm³/mol. The smallest absolute Gasteiger partial charge is 0.123 e. The van der Waals surface area contributed by atoms with Gasteiger partial charge in [0.2, 0.25) is 0 Å². The molecule has 68 valence electrons. The molecule has 1 nitrogen and oxygen atoms in total. The molecule has 0 aliphatic heterocycles. The molecular formula is C10H8Cl2O. The third-order valence-corrected chi connectivity index (χ3v) is 3.12. The Morgan fingerprint density at radius 2 is 1.62 bits per heavy atom. The third-order valence-electron chi connectivity index (χ3n) is 2.40. The summed E-state index contributed by atoms with van der Waals surface area (Å²) in [5.74, 6) is 0.115. The molecule has 0 unspecified atom stereocenters. The van der Waals surface area contributed by atoms with Crippen LogP contribution in [0.1, 0.15) is 11.1 Å². The highest BCUT2D eigenvalue weighted by Crippen LogP contribution is 2.32. The van der Waals surface area contributed by atoms with Crippen molar-refractivity contribution in [3.63, 3.8) is 0 Å². The second-order valence-corrected chi connectivity index (χ2v) is 4.15. The molecule has 0 fully saturated rings. The topological polar surface area (TPSA) is 17.1 Å². The number of hydrogen-bond acceptors (Lipinski definition) is 1. The molecule has 0 saturated carbocycles. The van der Waals surface area contributed by atoms with Gasteiger partial charge in [-0.25, -0.2) is 0 Å². The van der Waals surface area contributed by atoms with Crippen LogP contribution in [0.25, 0.3) is 0 Å².